The first-order valence-corrected chi connectivity index (χ1v) is 9.60. The van der Waals surface area contributed by atoms with Crippen LogP contribution in [0.2, 0.25) is 0 Å². The number of hydrogen-bond acceptors (Lipinski definition) is 3. The molecule has 4 aromatic rings. The molecule has 0 unspecified atom stereocenters. The molecular formula is C23H17F5N4. The third kappa shape index (κ3) is 3.98. The van der Waals surface area contributed by atoms with Crippen molar-refractivity contribution in [1.82, 2.24) is 19.7 Å². The SMILES string of the molecule is CC(C)(c1cccc(-c2ccc(F)nc2F)n1)c1nn(-c2ccccc2)cc1C(F)(F)F. The fraction of sp³-hybridized carbons (Fsp3) is 0.174. The van der Waals surface area contributed by atoms with Gasteiger partial charge in [-0.15, -0.1) is 0 Å². The van der Waals surface area contributed by atoms with E-state index in [9.17, 15) is 22.0 Å². The van der Waals surface area contributed by atoms with Crippen LogP contribution in [0, 0.1) is 11.9 Å². The van der Waals surface area contributed by atoms with Crippen molar-refractivity contribution >= 4 is 0 Å². The molecule has 9 heteroatoms. The summed E-state index contributed by atoms with van der Waals surface area (Å²) in [6.45, 7) is 3.12. The number of pyridine rings is 2. The van der Waals surface area contributed by atoms with Crippen molar-refractivity contribution in [3.05, 3.63) is 95.7 Å². The second kappa shape index (κ2) is 7.81. The van der Waals surface area contributed by atoms with Crippen molar-refractivity contribution in [2.24, 2.45) is 0 Å². The topological polar surface area (TPSA) is 43.6 Å². The molecule has 0 spiro atoms. The smallest absolute Gasteiger partial charge is 0.252 e. The first kappa shape index (κ1) is 21.6. The van der Waals surface area contributed by atoms with Crippen LogP contribution in [0.4, 0.5) is 22.0 Å². The van der Waals surface area contributed by atoms with Crippen molar-refractivity contribution in [3.63, 3.8) is 0 Å². The lowest BCUT2D eigenvalue weighted by atomic mass is 9.83. The van der Waals surface area contributed by atoms with E-state index in [4.69, 9.17) is 0 Å². The average Bonchev–Trinajstić information content (AvgIpc) is 3.22. The molecule has 0 aliphatic heterocycles. The third-order valence-corrected chi connectivity index (χ3v) is 5.11. The van der Waals surface area contributed by atoms with E-state index in [-0.39, 0.29) is 22.6 Å². The number of aromatic nitrogens is 4. The fourth-order valence-electron chi connectivity index (χ4n) is 3.41. The normalized spacial score (nSPS) is 12.2. The predicted octanol–water partition coefficient (Wildman–Crippen LogP) is 5.95. The second-order valence-electron chi connectivity index (χ2n) is 7.67. The Hall–Kier alpha value is -3.62. The molecule has 0 fully saturated rings. The van der Waals surface area contributed by atoms with Gasteiger partial charge in [0.05, 0.1) is 39.3 Å². The summed E-state index contributed by atoms with van der Waals surface area (Å²) in [4.78, 5) is 7.51. The van der Waals surface area contributed by atoms with Crippen molar-refractivity contribution in [2.75, 3.05) is 0 Å². The monoisotopic (exact) mass is 444 g/mol. The Morgan fingerprint density at radius 2 is 1.53 bits per heavy atom. The average molecular weight is 444 g/mol. The van der Waals surface area contributed by atoms with Crippen molar-refractivity contribution in [1.29, 1.82) is 0 Å². The summed E-state index contributed by atoms with van der Waals surface area (Å²) < 4.78 is 70.2. The van der Waals surface area contributed by atoms with E-state index in [0.29, 0.717) is 5.69 Å². The number of halogens is 5. The van der Waals surface area contributed by atoms with Crippen molar-refractivity contribution in [2.45, 2.75) is 25.4 Å². The largest absolute Gasteiger partial charge is 0.419 e. The van der Waals surface area contributed by atoms with Gasteiger partial charge in [0.1, 0.15) is 0 Å². The minimum absolute atomic E-state index is 0.0603. The molecule has 0 saturated carbocycles. The Morgan fingerprint density at radius 3 is 2.19 bits per heavy atom. The molecule has 0 amide bonds. The van der Waals surface area contributed by atoms with Crippen LogP contribution in [0.5, 0.6) is 0 Å². The highest BCUT2D eigenvalue weighted by atomic mass is 19.4. The van der Waals surface area contributed by atoms with Crippen LogP contribution in [0.15, 0.2) is 66.9 Å². The zero-order valence-corrected chi connectivity index (χ0v) is 17.0. The molecule has 0 bridgehead atoms. The lowest BCUT2D eigenvalue weighted by Gasteiger charge is -2.24. The van der Waals surface area contributed by atoms with Crippen LogP contribution in [0.1, 0.15) is 30.8 Å². The van der Waals surface area contributed by atoms with Gasteiger partial charge in [-0.3, -0.25) is 4.98 Å². The summed E-state index contributed by atoms with van der Waals surface area (Å²) >= 11 is 0. The molecule has 0 N–H and O–H groups in total. The van der Waals surface area contributed by atoms with E-state index in [2.05, 4.69) is 15.1 Å². The first-order valence-electron chi connectivity index (χ1n) is 9.60. The van der Waals surface area contributed by atoms with Gasteiger partial charge in [0.2, 0.25) is 11.9 Å². The summed E-state index contributed by atoms with van der Waals surface area (Å²) in [5.41, 5.74) is -1.63. The molecule has 3 heterocycles. The van der Waals surface area contributed by atoms with Gasteiger partial charge in [-0.2, -0.15) is 32.0 Å². The standard InChI is InChI=1S/C23H17F5N4/c1-22(2,18-10-6-9-17(29-18)15-11-12-19(24)30-21(15)25)20-16(23(26,27)28)13-32(31-20)14-7-4-3-5-8-14/h3-13H,1-2H3. The van der Waals surface area contributed by atoms with Crippen LogP contribution in [0.25, 0.3) is 16.9 Å². The molecule has 4 nitrogen and oxygen atoms in total. The van der Waals surface area contributed by atoms with E-state index >= 15 is 0 Å². The van der Waals surface area contributed by atoms with Gasteiger partial charge < -0.3 is 0 Å². The summed E-state index contributed by atoms with van der Waals surface area (Å²) in [6.07, 6.45) is -3.70. The molecule has 0 saturated heterocycles. The second-order valence-corrected chi connectivity index (χ2v) is 7.67. The van der Waals surface area contributed by atoms with E-state index in [1.807, 2.05) is 0 Å². The van der Waals surface area contributed by atoms with Crippen LogP contribution < -0.4 is 0 Å². The molecule has 0 atom stereocenters. The maximum atomic E-state index is 14.1. The molecular weight excluding hydrogens is 427 g/mol. The minimum Gasteiger partial charge on any atom is -0.252 e. The maximum absolute atomic E-state index is 14.1. The molecule has 164 valence electrons. The van der Waals surface area contributed by atoms with Gasteiger partial charge in [0.25, 0.3) is 0 Å². The van der Waals surface area contributed by atoms with Crippen LogP contribution in [0.3, 0.4) is 0 Å². The fourth-order valence-corrected chi connectivity index (χ4v) is 3.41. The zero-order chi connectivity index (χ0) is 23.1. The van der Waals surface area contributed by atoms with Crippen molar-refractivity contribution < 1.29 is 22.0 Å². The summed E-state index contributed by atoms with van der Waals surface area (Å²) in [5, 5.41) is 4.25. The molecule has 3 aromatic heterocycles. The number of rotatable bonds is 4. The molecule has 32 heavy (non-hydrogen) atoms. The molecule has 0 aliphatic carbocycles. The Morgan fingerprint density at radius 1 is 0.812 bits per heavy atom. The number of nitrogens with zero attached hydrogens (tertiary/aromatic N) is 4. The third-order valence-electron chi connectivity index (χ3n) is 5.11. The van der Waals surface area contributed by atoms with Gasteiger partial charge in [-0.25, -0.2) is 4.68 Å². The first-order chi connectivity index (χ1) is 15.1. The Kier molecular flexibility index (Phi) is 5.28. The summed E-state index contributed by atoms with van der Waals surface area (Å²) in [7, 11) is 0. The molecule has 0 aliphatic rings. The van der Waals surface area contributed by atoms with Gasteiger partial charge in [0, 0.05) is 6.20 Å². The summed E-state index contributed by atoms with van der Waals surface area (Å²) in [5.74, 6) is -2.04. The number of benzene rings is 1. The van der Waals surface area contributed by atoms with Gasteiger partial charge >= 0.3 is 6.18 Å². The maximum Gasteiger partial charge on any atom is 0.419 e. The Balaban J connectivity index is 1.84. The minimum atomic E-state index is -4.65. The molecule has 1 aromatic carbocycles. The number of para-hydroxylation sites is 1. The van der Waals surface area contributed by atoms with Crippen LogP contribution in [-0.4, -0.2) is 19.7 Å². The zero-order valence-electron chi connectivity index (χ0n) is 17.0. The lowest BCUT2D eigenvalue weighted by molar-refractivity contribution is -0.138. The van der Waals surface area contributed by atoms with Gasteiger partial charge in [0.15, 0.2) is 0 Å². The van der Waals surface area contributed by atoms with E-state index < -0.39 is 29.1 Å². The van der Waals surface area contributed by atoms with Gasteiger partial charge in [-0.1, -0.05) is 24.3 Å². The molecule has 0 radical (unpaired) electrons. The highest BCUT2D eigenvalue weighted by Crippen LogP contribution is 2.40. The predicted molar refractivity (Wildman–Crippen MR) is 108 cm³/mol. The van der Waals surface area contributed by atoms with Gasteiger partial charge in [-0.05, 0) is 50.2 Å². The molecule has 4 rings (SSSR count). The van der Waals surface area contributed by atoms with Crippen LogP contribution >= 0.6 is 0 Å². The number of alkyl halides is 3. The Labute approximate surface area is 180 Å². The van der Waals surface area contributed by atoms with E-state index in [1.54, 1.807) is 56.3 Å². The summed E-state index contributed by atoms with van der Waals surface area (Å²) in [6, 6.07) is 15.2. The highest BCUT2D eigenvalue weighted by molar-refractivity contribution is 5.59. The lowest BCUT2D eigenvalue weighted by Crippen LogP contribution is -2.25. The Bertz CT molecular complexity index is 1260. The van der Waals surface area contributed by atoms with Crippen molar-refractivity contribution in [3.8, 4) is 16.9 Å². The van der Waals surface area contributed by atoms with E-state index in [0.717, 1.165) is 12.3 Å². The number of hydrogen-bond donors (Lipinski definition) is 0. The van der Waals surface area contributed by atoms with Crippen LogP contribution in [-0.2, 0) is 11.6 Å². The highest BCUT2D eigenvalue weighted by Gasteiger charge is 2.42. The quantitative estimate of drug-likeness (QED) is 0.289. The van der Waals surface area contributed by atoms with E-state index in [1.165, 1.54) is 16.8 Å².